The van der Waals surface area contributed by atoms with Crippen LogP contribution < -0.4 is 5.32 Å². The molecule has 1 saturated carbocycles. The Kier molecular flexibility index (Phi) is 4.38. The lowest BCUT2D eigenvalue weighted by Crippen LogP contribution is -2.62. The first-order valence-electron chi connectivity index (χ1n) is 8.73. The van der Waals surface area contributed by atoms with E-state index in [9.17, 15) is 4.79 Å². The van der Waals surface area contributed by atoms with Crippen molar-refractivity contribution in [2.24, 2.45) is 5.92 Å². The lowest BCUT2D eigenvalue weighted by atomic mass is 9.80. The van der Waals surface area contributed by atoms with Crippen molar-refractivity contribution < 1.29 is 14.3 Å². The predicted molar refractivity (Wildman–Crippen MR) is 84.9 cm³/mol. The maximum absolute atomic E-state index is 12.2. The molecule has 3 rings (SSSR count). The quantitative estimate of drug-likeness (QED) is 0.851. The van der Waals surface area contributed by atoms with Gasteiger partial charge in [-0.25, -0.2) is 4.79 Å². The first kappa shape index (κ1) is 16.1. The summed E-state index contributed by atoms with van der Waals surface area (Å²) in [6.45, 7) is 8.94. The lowest BCUT2D eigenvalue weighted by molar-refractivity contribution is -0.129. The van der Waals surface area contributed by atoms with Gasteiger partial charge < -0.3 is 19.7 Å². The Balaban J connectivity index is 1.57. The molecular weight excluding hydrogens is 280 g/mol. The molecule has 2 aliphatic heterocycles. The molecule has 2 saturated heterocycles. The third kappa shape index (κ3) is 3.74. The number of piperidine rings is 1. The van der Waals surface area contributed by atoms with Gasteiger partial charge in [0.1, 0.15) is 5.60 Å². The van der Waals surface area contributed by atoms with E-state index in [4.69, 9.17) is 9.47 Å². The Hall–Kier alpha value is -0.810. The van der Waals surface area contributed by atoms with Crippen LogP contribution in [0.1, 0.15) is 52.9 Å². The highest BCUT2D eigenvalue weighted by Gasteiger charge is 2.47. The van der Waals surface area contributed by atoms with E-state index in [1.54, 1.807) is 0 Å². The van der Waals surface area contributed by atoms with Gasteiger partial charge in [-0.1, -0.05) is 12.8 Å². The maximum atomic E-state index is 12.2. The zero-order valence-corrected chi connectivity index (χ0v) is 14.2. The summed E-state index contributed by atoms with van der Waals surface area (Å²) in [5, 5.41) is 3.67. The standard InChI is InChI=1S/C17H30N2O3/c1-16(2,3)22-15(20)19-9-6-17(7-10-19)14(12-13-4-5-13)18-8-11-21-17/h13-14,18H,4-12H2,1-3H3. The number of ether oxygens (including phenoxy) is 2. The van der Waals surface area contributed by atoms with Crippen LogP contribution in [0.15, 0.2) is 0 Å². The SMILES string of the molecule is CC(C)(C)OC(=O)N1CCC2(CC1)OCCNC2CC1CC1. The molecule has 0 aromatic carbocycles. The molecule has 1 unspecified atom stereocenters. The molecule has 1 aliphatic carbocycles. The molecule has 5 nitrogen and oxygen atoms in total. The van der Waals surface area contributed by atoms with E-state index in [1.165, 1.54) is 19.3 Å². The highest BCUT2D eigenvalue weighted by Crippen LogP contribution is 2.40. The minimum Gasteiger partial charge on any atom is -0.444 e. The first-order valence-corrected chi connectivity index (χ1v) is 8.73. The second kappa shape index (κ2) is 6.00. The van der Waals surface area contributed by atoms with E-state index < -0.39 is 5.60 Å². The molecule has 1 spiro atoms. The van der Waals surface area contributed by atoms with Crippen LogP contribution in [0.4, 0.5) is 4.79 Å². The Morgan fingerprint density at radius 3 is 2.59 bits per heavy atom. The first-order chi connectivity index (χ1) is 10.4. The Morgan fingerprint density at radius 1 is 1.32 bits per heavy atom. The molecule has 5 heteroatoms. The van der Waals surface area contributed by atoms with Gasteiger partial charge in [-0.3, -0.25) is 0 Å². The maximum Gasteiger partial charge on any atom is 0.410 e. The van der Waals surface area contributed by atoms with E-state index in [0.717, 1.165) is 45.0 Å². The van der Waals surface area contributed by atoms with Crippen molar-refractivity contribution in [1.29, 1.82) is 0 Å². The number of hydrogen-bond acceptors (Lipinski definition) is 4. The largest absolute Gasteiger partial charge is 0.444 e. The van der Waals surface area contributed by atoms with E-state index in [1.807, 2.05) is 25.7 Å². The number of likely N-dealkylation sites (tertiary alicyclic amines) is 1. The molecule has 0 aromatic heterocycles. The molecular formula is C17H30N2O3. The van der Waals surface area contributed by atoms with Gasteiger partial charge in [0.2, 0.25) is 0 Å². The fourth-order valence-electron chi connectivity index (χ4n) is 3.65. The number of carbonyl (C=O) groups is 1. The van der Waals surface area contributed by atoms with Crippen molar-refractivity contribution in [3.8, 4) is 0 Å². The fourth-order valence-corrected chi connectivity index (χ4v) is 3.65. The van der Waals surface area contributed by atoms with Gasteiger partial charge in [-0.15, -0.1) is 0 Å². The molecule has 0 bridgehead atoms. The van der Waals surface area contributed by atoms with Crippen molar-refractivity contribution >= 4 is 6.09 Å². The van der Waals surface area contributed by atoms with Crippen molar-refractivity contribution in [3.63, 3.8) is 0 Å². The number of rotatable bonds is 2. The summed E-state index contributed by atoms with van der Waals surface area (Å²) in [6.07, 6.45) is 5.61. The molecule has 0 aromatic rings. The van der Waals surface area contributed by atoms with Gasteiger partial charge in [-0.05, 0) is 46.0 Å². The monoisotopic (exact) mass is 310 g/mol. The number of nitrogens with zero attached hydrogens (tertiary/aromatic N) is 1. The number of hydrogen-bond donors (Lipinski definition) is 1. The molecule has 2 heterocycles. The second-order valence-corrected chi connectivity index (χ2v) is 8.07. The summed E-state index contributed by atoms with van der Waals surface area (Å²) < 4.78 is 11.7. The molecule has 22 heavy (non-hydrogen) atoms. The van der Waals surface area contributed by atoms with E-state index in [-0.39, 0.29) is 11.7 Å². The molecule has 1 N–H and O–H groups in total. The van der Waals surface area contributed by atoms with Crippen LogP contribution in [-0.2, 0) is 9.47 Å². The van der Waals surface area contributed by atoms with Gasteiger partial charge in [0, 0.05) is 25.7 Å². The van der Waals surface area contributed by atoms with E-state index in [0.29, 0.717) is 6.04 Å². The number of carbonyl (C=O) groups excluding carboxylic acids is 1. The Morgan fingerprint density at radius 2 is 2.00 bits per heavy atom. The van der Waals surface area contributed by atoms with Crippen molar-refractivity contribution in [3.05, 3.63) is 0 Å². The normalized spacial score (nSPS) is 28.7. The van der Waals surface area contributed by atoms with Crippen LogP contribution in [0.3, 0.4) is 0 Å². The highest BCUT2D eigenvalue weighted by atomic mass is 16.6. The van der Waals surface area contributed by atoms with E-state index >= 15 is 0 Å². The van der Waals surface area contributed by atoms with Crippen LogP contribution in [0, 0.1) is 5.92 Å². The lowest BCUT2D eigenvalue weighted by Gasteiger charge is -2.49. The second-order valence-electron chi connectivity index (χ2n) is 8.07. The average Bonchev–Trinajstić information content (AvgIpc) is 3.24. The third-order valence-electron chi connectivity index (χ3n) is 5.04. The van der Waals surface area contributed by atoms with Crippen LogP contribution in [0.5, 0.6) is 0 Å². The van der Waals surface area contributed by atoms with Gasteiger partial charge in [0.05, 0.1) is 12.2 Å². The predicted octanol–water partition coefficient (Wildman–Crippen LogP) is 2.54. The smallest absolute Gasteiger partial charge is 0.410 e. The number of morpholine rings is 1. The van der Waals surface area contributed by atoms with Crippen molar-refractivity contribution in [1.82, 2.24) is 10.2 Å². The van der Waals surface area contributed by atoms with Gasteiger partial charge >= 0.3 is 6.09 Å². The Bertz CT molecular complexity index is 407. The summed E-state index contributed by atoms with van der Waals surface area (Å²) in [6, 6.07) is 0.453. The van der Waals surface area contributed by atoms with Gasteiger partial charge in [0.25, 0.3) is 0 Å². The molecule has 1 atom stereocenters. The van der Waals surface area contributed by atoms with Crippen LogP contribution in [0.25, 0.3) is 0 Å². The molecule has 1 amide bonds. The van der Waals surface area contributed by atoms with Gasteiger partial charge in [0.15, 0.2) is 0 Å². The summed E-state index contributed by atoms with van der Waals surface area (Å²) in [7, 11) is 0. The summed E-state index contributed by atoms with van der Waals surface area (Å²) in [5.41, 5.74) is -0.497. The fraction of sp³-hybridized carbons (Fsp3) is 0.941. The Labute approximate surface area is 133 Å². The minimum atomic E-state index is -0.427. The average molecular weight is 310 g/mol. The third-order valence-corrected chi connectivity index (χ3v) is 5.04. The molecule has 126 valence electrons. The number of nitrogens with one attached hydrogen (secondary N) is 1. The molecule has 3 fully saturated rings. The zero-order valence-electron chi connectivity index (χ0n) is 14.2. The summed E-state index contributed by atoms with van der Waals surface area (Å²) >= 11 is 0. The van der Waals surface area contributed by atoms with Crippen molar-refractivity contribution in [2.75, 3.05) is 26.2 Å². The van der Waals surface area contributed by atoms with E-state index in [2.05, 4.69) is 5.32 Å². The molecule has 0 radical (unpaired) electrons. The highest BCUT2D eigenvalue weighted by molar-refractivity contribution is 5.68. The minimum absolute atomic E-state index is 0.0701. The summed E-state index contributed by atoms with van der Waals surface area (Å²) in [4.78, 5) is 14.0. The summed E-state index contributed by atoms with van der Waals surface area (Å²) in [5.74, 6) is 0.889. The van der Waals surface area contributed by atoms with Crippen LogP contribution in [-0.4, -0.2) is 54.5 Å². The zero-order chi connectivity index (χ0) is 15.8. The van der Waals surface area contributed by atoms with Crippen LogP contribution >= 0.6 is 0 Å². The van der Waals surface area contributed by atoms with Crippen LogP contribution in [0.2, 0.25) is 0 Å². The van der Waals surface area contributed by atoms with Gasteiger partial charge in [-0.2, -0.15) is 0 Å². The topological polar surface area (TPSA) is 50.8 Å². The van der Waals surface area contributed by atoms with Crippen molar-refractivity contribution in [2.45, 2.75) is 70.1 Å². The molecule has 3 aliphatic rings. The number of amides is 1.